The summed E-state index contributed by atoms with van der Waals surface area (Å²) in [6.45, 7) is 0.410. The molecule has 1 aromatic carbocycles. The van der Waals surface area contributed by atoms with Gasteiger partial charge < -0.3 is 18.9 Å². The van der Waals surface area contributed by atoms with Crippen LogP contribution in [0.5, 0.6) is 0 Å². The number of rotatable bonds is 8. The lowest BCUT2D eigenvalue weighted by Gasteiger charge is -2.53. The van der Waals surface area contributed by atoms with Gasteiger partial charge in [0.25, 0.3) is 0 Å². The summed E-state index contributed by atoms with van der Waals surface area (Å²) in [6, 6.07) is 7.44. The molecule has 6 aliphatic rings. The van der Waals surface area contributed by atoms with E-state index in [1.54, 1.807) is 11.1 Å². The molecule has 43 heavy (non-hydrogen) atoms. The van der Waals surface area contributed by atoms with Crippen molar-refractivity contribution in [3.05, 3.63) is 48.1 Å². The quantitative estimate of drug-likeness (QED) is 0.305. The molecule has 1 amide bonds. The van der Waals surface area contributed by atoms with E-state index in [2.05, 4.69) is 10.1 Å². The second kappa shape index (κ2) is 9.39. The standard InChI is InChI=1S/C32H35F3N4O4/c33-32(34,35)31(41)15-22(16-31)27(40)39(23-3-1-2-21(14-23)24-17-36-26(42-24)20-6-7-20)18-29-8-11-30(12-9-29,13-10-29)28-37-25(38-43-28)19-4-5-19/h1-3,14,17,19-20,22,41H,4-13,15-16,18H2. The Morgan fingerprint density at radius 1 is 1.02 bits per heavy atom. The molecule has 0 aliphatic heterocycles. The Balaban J connectivity index is 1.05. The summed E-state index contributed by atoms with van der Waals surface area (Å²) in [5.41, 5.74) is -1.72. The van der Waals surface area contributed by atoms with Crippen LogP contribution in [0.25, 0.3) is 11.3 Å². The number of carbonyl (C=O) groups is 1. The van der Waals surface area contributed by atoms with E-state index in [4.69, 9.17) is 13.9 Å². The van der Waals surface area contributed by atoms with Crippen molar-refractivity contribution in [1.29, 1.82) is 0 Å². The SMILES string of the molecule is O=C(C1CC(O)(C(F)(F)F)C1)N(CC12CCC(c3nc(C4CC4)no3)(CC1)CC2)c1cccc(-c2cnc(C3CC3)o2)c1. The average molecular weight is 597 g/mol. The first-order chi connectivity index (χ1) is 20.6. The van der Waals surface area contributed by atoms with Crippen LogP contribution in [0, 0.1) is 11.3 Å². The van der Waals surface area contributed by atoms with Gasteiger partial charge in [0.05, 0.1) is 6.20 Å². The molecule has 2 aromatic heterocycles. The van der Waals surface area contributed by atoms with E-state index in [1.807, 2.05) is 24.3 Å². The molecule has 9 rings (SSSR count). The fraction of sp³-hybridized carbons (Fsp3) is 0.625. The lowest BCUT2D eigenvalue weighted by molar-refractivity contribution is -0.295. The zero-order valence-corrected chi connectivity index (χ0v) is 23.9. The van der Waals surface area contributed by atoms with Crippen molar-refractivity contribution in [3.8, 4) is 11.3 Å². The summed E-state index contributed by atoms with van der Waals surface area (Å²) < 4.78 is 52.2. The van der Waals surface area contributed by atoms with Crippen molar-refractivity contribution in [1.82, 2.24) is 15.1 Å². The fourth-order valence-corrected chi connectivity index (χ4v) is 7.56. The van der Waals surface area contributed by atoms with Crippen LogP contribution >= 0.6 is 0 Å². The molecule has 6 aliphatic carbocycles. The van der Waals surface area contributed by atoms with Gasteiger partial charge in [-0.25, -0.2) is 4.98 Å². The van der Waals surface area contributed by atoms with Crippen LogP contribution in [0.2, 0.25) is 0 Å². The minimum absolute atomic E-state index is 0.140. The molecule has 6 fully saturated rings. The third kappa shape index (κ3) is 4.69. The lowest BCUT2D eigenvalue weighted by atomic mass is 9.53. The van der Waals surface area contributed by atoms with Crippen LogP contribution < -0.4 is 4.90 Å². The minimum atomic E-state index is -4.76. The predicted octanol–water partition coefficient (Wildman–Crippen LogP) is 6.81. The molecule has 0 atom stereocenters. The van der Waals surface area contributed by atoms with Crippen molar-refractivity contribution in [2.45, 2.75) is 106 Å². The number of hydrogen-bond donors (Lipinski definition) is 1. The van der Waals surface area contributed by atoms with Gasteiger partial charge in [0.2, 0.25) is 11.8 Å². The number of fused-ring (bicyclic) bond motifs is 3. The van der Waals surface area contributed by atoms with Gasteiger partial charge in [0.15, 0.2) is 23.1 Å². The smallest absolute Gasteiger partial charge is 0.417 e. The van der Waals surface area contributed by atoms with Gasteiger partial charge in [-0.05, 0) is 94.6 Å². The number of amides is 1. The number of oxazole rings is 1. The highest BCUT2D eigenvalue weighted by Crippen LogP contribution is 2.58. The summed E-state index contributed by atoms with van der Waals surface area (Å²) in [5.74, 6) is 2.39. The molecule has 6 saturated carbocycles. The highest BCUT2D eigenvalue weighted by molar-refractivity contribution is 5.96. The number of carbonyl (C=O) groups excluding carboxylic acids is 1. The lowest BCUT2D eigenvalue weighted by Crippen LogP contribution is -2.60. The molecule has 3 aromatic rings. The fourth-order valence-electron chi connectivity index (χ4n) is 7.56. The monoisotopic (exact) mass is 596 g/mol. The van der Waals surface area contributed by atoms with Gasteiger partial charge in [0, 0.05) is 41.0 Å². The van der Waals surface area contributed by atoms with Gasteiger partial charge in [-0.2, -0.15) is 18.2 Å². The van der Waals surface area contributed by atoms with E-state index < -0.39 is 30.5 Å². The van der Waals surface area contributed by atoms with E-state index >= 15 is 0 Å². The largest absolute Gasteiger partial charge is 0.440 e. The molecule has 0 spiro atoms. The number of hydrogen-bond acceptors (Lipinski definition) is 7. The third-order valence-corrected chi connectivity index (χ3v) is 10.9. The van der Waals surface area contributed by atoms with E-state index in [1.165, 1.54) is 0 Å². The van der Waals surface area contributed by atoms with Crippen LogP contribution in [0.15, 0.2) is 39.4 Å². The van der Waals surface area contributed by atoms with Crippen molar-refractivity contribution >= 4 is 11.6 Å². The molecule has 1 N–H and O–H groups in total. The molecule has 11 heteroatoms. The van der Waals surface area contributed by atoms with E-state index in [-0.39, 0.29) is 16.7 Å². The second-order valence-corrected chi connectivity index (χ2v) is 14.0. The van der Waals surface area contributed by atoms with Gasteiger partial charge in [-0.1, -0.05) is 17.3 Å². The molecular weight excluding hydrogens is 561 g/mol. The van der Waals surface area contributed by atoms with Crippen molar-refractivity contribution in [2.75, 3.05) is 11.4 Å². The zero-order chi connectivity index (χ0) is 29.6. The molecule has 0 saturated heterocycles. The maximum Gasteiger partial charge on any atom is 0.417 e. The second-order valence-electron chi connectivity index (χ2n) is 14.0. The van der Waals surface area contributed by atoms with Crippen LogP contribution in [-0.4, -0.2) is 44.5 Å². The molecule has 0 unspecified atom stereocenters. The van der Waals surface area contributed by atoms with Gasteiger partial charge >= 0.3 is 6.18 Å². The number of aromatic nitrogens is 3. The summed E-state index contributed by atoms with van der Waals surface area (Å²) in [6.07, 6.45) is 5.26. The van der Waals surface area contributed by atoms with E-state index in [9.17, 15) is 23.1 Å². The molecule has 0 radical (unpaired) electrons. The maximum atomic E-state index is 14.0. The first-order valence-corrected chi connectivity index (χ1v) is 15.6. The number of halogens is 3. The molecule has 8 nitrogen and oxygen atoms in total. The Bertz CT molecular complexity index is 1520. The van der Waals surface area contributed by atoms with Crippen LogP contribution in [0.3, 0.4) is 0 Å². The molecule has 228 valence electrons. The average Bonchev–Trinajstić information content (AvgIpc) is 3.93. The first-order valence-electron chi connectivity index (χ1n) is 15.6. The Morgan fingerprint density at radius 3 is 2.37 bits per heavy atom. The van der Waals surface area contributed by atoms with Crippen molar-refractivity contribution in [3.63, 3.8) is 0 Å². The van der Waals surface area contributed by atoms with E-state index in [0.29, 0.717) is 35.7 Å². The Morgan fingerprint density at radius 2 is 1.72 bits per heavy atom. The van der Waals surface area contributed by atoms with Crippen LogP contribution in [0.1, 0.15) is 106 Å². The highest BCUT2D eigenvalue weighted by atomic mass is 19.4. The third-order valence-electron chi connectivity index (χ3n) is 10.9. The summed E-state index contributed by atoms with van der Waals surface area (Å²) in [4.78, 5) is 24.9. The molecular formula is C32H35F3N4O4. The summed E-state index contributed by atoms with van der Waals surface area (Å²) in [5, 5.41) is 14.4. The van der Waals surface area contributed by atoms with Crippen LogP contribution in [0.4, 0.5) is 18.9 Å². The number of aliphatic hydroxyl groups is 1. The predicted molar refractivity (Wildman–Crippen MR) is 148 cm³/mol. The van der Waals surface area contributed by atoms with Crippen molar-refractivity contribution < 1.29 is 32.0 Å². The van der Waals surface area contributed by atoms with Gasteiger partial charge in [-0.3, -0.25) is 4.79 Å². The topological polar surface area (TPSA) is 105 Å². The number of benzene rings is 1. The Hall–Kier alpha value is -3.21. The van der Waals surface area contributed by atoms with Gasteiger partial charge in [-0.15, -0.1) is 0 Å². The normalized spacial score (nSPS) is 32.0. The highest BCUT2D eigenvalue weighted by Gasteiger charge is 2.63. The number of alkyl halides is 3. The molecule has 2 bridgehead atoms. The Kier molecular flexibility index (Phi) is 5.97. The number of anilines is 1. The summed E-state index contributed by atoms with van der Waals surface area (Å²) in [7, 11) is 0. The first kappa shape index (κ1) is 27.3. The van der Waals surface area contributed by atoms with Gasteiger partial charge in [0.1, 0.15) is 0 Å². The number of nitrogens with zero attached hydrogens (tertiary/aromatic N) is 4. The maximum absolute atomic E-state index is 14.0. The minimum Gasteiger partial charge on any atom is -0.440 e. The van der Waals surface area contributed by atoms with Crippen LogP contribution in [-0.2, 0) is 10.2 Å². The van der Waals surface area contributed by atoms with Crippen molar-refractivity contribution in [2.24, 2.45) is 11.3 Å². The zero-order valence-electron chi connectivity index (χ0n) is 23.9. The Labute approximate surface area is 247 Å². The van der Waals surface area contributed by atoms with E-state index in [0.717, 1.165) is 81.5 Å². The summed E-state index contributed by atoms with van der Waals surface area (Å²) >= 11 is 0. The molecule has 2 heterocycles.